The van der Waals surface area contributed by atoms with Crippen molar-refractivity contribution in [1.82, 2.24) is 0 Å². The molecule has 0 saturated carbocycles. The van der Waals surface area contributed by atoms with Crippen LogP contribution in [0.2, 0.25) is 0 Å². The summed E-state index contributed by atoms with van der Waals surface area (Å²) < 4.78 is 16.5. The van der Waals surface area contributed by atoms with Gasteiger partial charge in [-0.1, -0.05) is 6.07 Å². The predicted octanol–water partition coefficient (Wildman–Crippen LogP) is 3.09. The summed E-state index contributed by atoms with van der Waals surface area (Å²) in [4.78, 5) is 12.6. The van der Waals surface area contributed by atoms with Crippen LogP contribution in [-0.2, 0) is 0 Å². The van der Waals surface area contributed by atoms with Crippen molar-refractivity contribution >= 4 is 5.78 Å². The lowest BCUT2D eigenvalue weighted by molar-refractivity contribution is 0.102. The first kappa shape index (κ1) is 13.5. The van der Waals surface area contributed by atoms with Gasteiger partial charge in [0.1, 0.15) is 19.0 Å². The van der Waals surface area contributed by atoms with Gasteiger partial charge in [-0.3, -0.25) is 4.79 Å². The topological polar surface area (TPSA) is 44.8 Å². The number of rotatable bonds is 4. The molecule has 21 heavy (non-hydrogen) atoms. The van der Waals surface area contributed by atoms with Crippen molar-refractivity contribution in [2.24, 2.45) is 0 Å². The molecule has 1 heterocycles. The summed E-state index contributed by atoms with van der Waals surface area (Å²) >= 11 is 0. The Morgan fingerprint density at radius 3 is 2.62 bits per heavy atom. The van der Waals surface area contributed by atoms with Gasteiger partial charge >= 0.3 is 0 Å². The molecule has 0 unspecified atom stereocenters. The summed E-state index contributed by atoms with van der Waals surface area (Å²) in [6.07, 6.45) is 0. The molecule has 0 atom stereocenters. The predicted molar refractivity (Wildman–Crippen MR) is 78.5 cm³/mol. The third-order valence-electron chi connectivity index (χ3n) is 3.24. The smallest absolute Gasteiger partial charge is 0.196 e. The zero-order valence-electron chi connectivity index (χ0n) is 11.8. The lowest BCUT2D eigenvalue weighted by Gasteiger charge is -2.20. The molecule has 2 aromatic rings. The van der Waals surface area contributed by atoms with Crippen molar-refractivity contribution in [3.63, 3.8) is 0 Å². The second-order valence-electron chi connectivity index (χ2n) is 4.62. The fourth-order valence-electron chi connectivity index (χ4n) is 2.28. The van der Waals surface area contributed by atoms with Gasteiger partial charge < -0.3 is 14.2 Å². The Morgan fingerprint density at radius 1 is 1.10 bits per heavy atom. The fourth-order valence-corrected chi connectivity index (χ4v) is 2.28. The van der Waals surface area contributed by atoms with Crippen LogP contribution in [0.15, 0.2) is 42.5 Å². The van der Waals surface area contributed by atoms with E-state index in [4.69, 9.17) is 14.2 Å². The van der Waals surface area contributed by atoms with Gasteiger partial charge in [0, 0.05) is 5.56 Å². The Labute approximate surface area is 123 Å². The van der Waals surface area contributed by atoms with Gasteiger partial charge in [-0.25, -0.2) is 0 Å². The Morgan fingerprint density at radius 2 is 1.86 bits per heavy atom. The second-order valence-corrected chi connectivity index (χ2v) is 4.62. The quantitative estimate of drug-likeness (QED) is 0.809. The summed E-state index contributed by atoms with van der Waals surface area (Å²) in [6.45, 7) is 3.49. The summed E-state index contributed by atoms with van der Waals surface area (Å²) in [5.41, 5.74) is 1.12. The van der Waals surface area contributed by atoms with Crippen LogP contribution in [0.1, 0.15) is 22.8 Å². The molecule has 0 N–H and O–H groups in total. The average Bonchev–Trinajstić information content (AvgIpc) is 2.55. The number of hydrogen-bond acceptors (Lipinski definition) is 4. The number of fused-ring (bicyclic) bond motifs is 1. The maximum absolute atomic E-state index is 12.6. The summed E-state index contributed by atoms with van der Waals surface area (Å²) in [5, 5.41) is 0. The third kappa shape index (κ3) is 2.70. The van der Waals surface area contributed by atoms with E-state index in [-0.39, 0.29) is 5.78 Å². The zero-order valence-corrected chi connectivity index (χ0v) is 11.8. The van der Waals surface area contributed by atoms with Crippen LogP contribution in [0.4, 0.5) is 0 Å². The zero-order chi connectivity index (χ0) is 14.7. The minimum Gasteiger partial charge on any atom is -0.494 e. The summed E-state index contributed by atoms with van der Waals surface area (Å²) in [5.74, 6) is 1.82. The van der Waals surface area contributed by atoms with Gasteiger partial charge in [0.25, 0.3) is 0 Å². The van der Waals surface area contributed by atoms with Crippen LogP contribution in [0.3, 0.4) is 0 Å². The third-order valence-corrected chi connectivity index (χ3v) is 3.24. The highest BCUT2D eigenvalue weighted by Crippen LogP contribution is 2.34. The molecule has 0 aliphatic carbocycles. The maximum Gasteiger partial charge on any atom is 0.196 e. The van der Waals surface area contributed by atoms with E-state index in [1.165, 1.54) is 0 Å². The monoisotopic (exact) mass is 284 g/mol. The second kappa shape index (κ2) is 5.87. The molecule has 0 spiro atoms. The van der Waals surface area contributed by atoms with Crippen LogP contribution in [0, 0.1) is 0 Å². The van der Waals surface area contributed by atoms with Crippen molar-refractivity contribution in [3.8, 4) is 17.2 Å². The van der Waals surface area contributed by atoms with Crippen LogP contribution in [-0.4, -0.2) is 25.6 Å². The van der Waals surface area contributed by atoms with Crippen LogP contribution in [0.25, 0.3) is 0 Å². The number of benzene rings is 2. The van der Waals surface area contributed by atoms with E-state index >= 15 is 0 Å². The van der Waals surface area contributed by atoms with Crippen molar-refractivity contribution in [3.05, 3.63) is 53.6 Å². The first-order valence-corrected chi connectivity index (χ1v) is 6.96. The Bertz CT molecular complexity index is 646. The SMILES string of the molecule is CCOc1ccc(C(=O)c2cccc3c2OCCO3)cc1. The molecule has 0 amide bonds. The van der Waals surface area contributed by atoms with E-state index in [1.807, 2.05) is 13.0 Å². The number of carbonyl (C=O) groups is 1. The molecule has 0 saturated heterocycles. The lowest BCUT2D eigenvalue weighted by Crippen LogP contribution is -2.18. The molecule has 0 aromatic heterocycles. The molecule has 0 bridgehead atoms. The Balaban J connectivity index is 1.91. The minimum absolute atomic E-state index is 0.0830. The van der Waals surface area contributed by atoms with E-state index in [0.717, 1.165) is 5.75 Å². The number of para-hydroxylation sites is 1. The summed E-state index contributed by atoms with van der Waals surface area (Å²) in [7, 11) is 0. The van der Waals surface area contributed by atoms with Crippen LogP contribution < -0.4 is 14.2 Å². The normalized spacial score (nSPS) is 12.8. The molecule has 2 aromatic carbocycles. The Hall–Kier alpha value is -2.49. The van der Waals surface area contributed by atoms with E-state index < -0.39 is 0 Å². The number of ether oxygens (including phenoxy) is 3. The molecule has 0 fully saturated rings. The number of ketones is 1. The minimum atomic E-state index is -0.0830. The summed E-state index contributed by atoms with van der Waals surface area (Å²) in [6, 6.07) is 12.5. The van der Waals surface area contributed by atoms with Gasteiger partial charge in [-0.2, -0.15) is 0 Å². The Kier molecular flexibility index (Phi) is 3.77. The lowest BCUT2D eigenvalue weighted by atomic mass is 10.0. The van der Waals surface area contributed by atoms with E-state index in [1.54, 1.807) is 36.4 Å². The molecular formula is C17H16O4. The number of carbonyl (C=O) groups excluding carboxylic acids is 1. The largest absolute Gasteiger partial charge is 0.494 e. The van der Waals surface area contributed by atoms with Crippen LogP contribution in [0.5, 0.6) is 17.2 Å². The van der Waals surface area contributed by atoms with Crippen molar-refractivity contribution in [2.75, 3.05) is 19.8 Å². The van der Waals surface area contributed by atoms with E-state index in [2.05, 4.69) is 0 Å². The highest BCUT2D eigenvalue weighted by atomic mass is 16.6. The van der Waals surface area contributed by atoms with Gasteiger partial charge in [0.2, 0.25) is 0 Å². The van der Waals surface area contributed by atoms with E-state index in [9.17, 15) is 4.79 Å². The molecule has 0 radical (unpaired) electrons. The fraction of sp³-hybridized carbons (Fsp3) is 0.235. The van der Waals surface area contributed by atoms with Crippen molar-refractivity contribution in [2.45, 2.75) is 6.92 Å². The van der Waals surface area contributed by atoms with E-state index in [0.29, 0.717) is 42.4 Å². The molecule has 3 rings (SSSR count). The molecule has 4 heteroatoms. The highest BCUT2D eigenvalue weighted by molar-refractivity contribution is 6.11. The molecule has 1 aliphatic rings. The average molecular weight is 284 g/mol. The first-order valence-electron chi connectivity index (χ1n) is 6.96. The van der Waals surface area contributed by atoms with Crippen molar-refractivity contribution < 1.29 is 19.0 Å². The standard InChI is InChI=1S/C17H16O4/c1-2-19-13-8-6-12(7-9-13)16(18)14-4-3-5-15-17(14)21-11-10-20-15/h3-9H,2,10-11H2,1H3. The maximum atomic E-state index is 12.6. The molecule has 4 nitrogen and oxygen atoms in total. The molecular weight excluding hydrogens is 268 g/mol. The van der Waals surface area contributed by atoms with Gasteiger partial charge in [0.05, 0.1) is 12.2 Å². The number of hydrogen-bond donors (Lipinski definition) is 0. The van der Waals surface area contributed by atoms with Crippen molar-refractivity contribution in [1.29, 1.82) is 0 Å². The molecule has 1 aliphatic heterocycles. The van der Waals surface area contributed by atoms with Gasteiger partial charge in [-0.05, 0) is 43.3 Å². The molecule has 108 valence electrons. The van der Waals surface area contributed by atoms with Crippen LogP contribution >= 0.6 is 0 Å². The van der Waals surface area contributed by atoms with Gasteiger partial charge in [-0.15, -0.1) is 0 Å². The van der Waals surface area contributed by atoms with Gasteiger partial charge in [0.15, 0.2) is 17.3 Å². The highest BCUT2D eigenvalue weighted by Gasteiger charge is 2.21. The first-order chi connectivity index (χ1) is 10.3.